The van der Waals surface area contributed by atoms with Crippen LogP contribution < -0.4 is 0 Å². The molecule has 0 fully saturated rings. The molecule has 0 radical (unpaired) electrons. The number of aromatic hydroxyl groups is 1. The molecule has 0 spiro atoms. The molecule has 20 heavy (non-hydrogen) atoms. The highest BCUT2D eigenvalue weighted by Gasteiger charge is 2.45. The summed E-state index contributed by atoms with van der Waals surface area (Å²) in [5.74, 6) is 0.174. The topological polar surface area (TPSA) is 37.3 Å². The lowest BCUT2D eigenvalue weighted by atomic mass is 9.70. The monoisotopic (exact) mass is 310 g/mol. The summed E-state index contributed by atoms with van der Waals surface area (Å²) in [5.41, 5.74) is 2.89. The van der Waals surface area contributed by atoms with Gasteiger partial charge in [0.1, 0.15) is 10.8 Å². The maximum absolute atomic E-state index is 11.8. The van der Waals surface area contributed by atoms with Gasteiger partial charge in [-0.25, -0.2) is 0 Å². The van der Waals surface area contributed by atoms with Crippen LogP contribution in [0.2, 0.25) is 10.0 Å². The molecular formula is C16H16Cl2O2. The number of phenols is 1. The van der Waals surface area contributed by atoms with Gasteiger partial charge in [0.15, 0.2) is 5.78 Å². The first kappa shape index (κ1) is 14.0. The number of allylic oxidation sites excluding steroid dienone is 2. The van der Waals surface area contributed by atoms with Crippen molar-refractivity contribution in [3.63, 3.8) is 0 Å². The van der Waals surface area contributed by atoms with Gasteiger partial charge in [-0.15, -0.1) is 0 Å². The minimum atomic E-state index is -0.00818. The Kier molecular flexibility index (Phi) is 3.34. The van der Waals surface area contributed by atoms with Gasteiger partial charge in [-0.1, -0.05) is 36.5 Å². The van der Waals surface area contributed by atoms with Gasteiger partial charge in [-0.3, -0.25) is 4.79 Å². The summed E-state index contributed by atoms with van der Waals surface area (Å²) in [7, 11) is 0. The largest absolute Gasteiger partial charge is 0.506 e. The normalized spacial score (nSPS) is 24.4. The Morgan fingerprint density at radius 1 is 1.35 bits per heavy atom. The molecule has 3 rings (SSSR count). The average molecular weight is 311 g/mol. The fourth-order valence-corrected chi connectivity index (χ4v) is 4.16. The molecule has 0 aliphatic heterocycles. The highest BCUT2D eigenvalue weighted by molar-refractivity contribution is 6.44. The van der Waals surface area contributed by atoms with Gasteiger partial charge in [0.05, 0.1) is 5.02 Å². The molecule has 2 aliphatic rings. The predicted molar refractivity (Wildman–Crippen MR) is 81.4 cm³/mol. The van der Waals surface area contributed by atoms with Crippen molar-refractivity contribution in [2.45, 2.75) is 39.0 Å². The number of benzene rings is 1. The van der Waals surface area contributed by atoms with Crippen LogP contribution >= 0.6 is 23.2 Å². The summed E-state index contributed by atoms with van der Waals surface area (Å²) in [6, 6.07) is 1.70. The molecule has 2 nitrogen and oxygen atoms in total. The van der Waals surface area contributed by atoms with E-state index in [-0.39, 0.29) is 22.0 Å². The second-order valence-corrected chi connectivity index (χ2v) is 6.55. The molecule has 4 heteroatoms. The van der Waals surface area contributed by atoms with Gasteiger partial charge in [-0.05, 0) is 42.5 Å². The number of phenolic OH excluding ortho intramolecular Hbond substituents is 1. The number of halogens is 2. The van der Waals surface area contributed by atoms with Gasteiger partial charge in [0, 0.05) is 17.4 Å². The molecule has 1 unspecified atom stereocenters. The third-order valence-corrected chi connectivity index (χ3v) is 5.38. The third kappa shape index (κ3) is 1.89. The van der Waals surface area contributed by atoms with Crippen molar-refractivity contribution in [2.75, 3.05) is 0 Å². The first-order valence-electron chi connectivity index (χ1n) is 6.94. The summed E-state index contributed by atoms with van der Waals surface area (Å²) in [5, 5.41) is 10.4. The molecule has 1 aromatic rings. The van der Waals surface area contributed by atoms with Crippen LogP contribution in [0.3, 0.4) is 0 Å². The van der Waals surface area contributed by atoms with E-state index in [0.29, 0.717) is 11.4 Å². The van der Waals surface area contributed by atoms with E-state index in [4.69, 9.17) is 23.2 Å². The number of ketones is 1. The fourth-order valence-electron chi connectivity index (χ4n) is 3.69. The molecule has 0 saturated heterocycles. The minimum absolute atomic E-state index is 0.00818. The lowest BCUT2D eigenvalue weighted by Gasteiger charge is -2.33. The van der Waals surface area contributed by atoms with Crippen LogP contribution in [0.15, 0.2) is 12.1 Å². The Bertz CT molecular complexity index is 634. The first-order valence-corrected chi connectivity index (χ1v) is 7.69. The first-order chi connectivity index (χ1) is 9.48. The SMILES string of the molecule is CCCC12CCC(=O)C=C1c1c(cc(O)c(Cl)c1Cl)C2. The molecule has 106 valence electrons. The van der Waals surface area contributed by atoms with E-state index in [9.17, 15) is 9.90 Å². The third-order valence-electron chi connectivity index (χ3n) is 4.52. The van der Waals surface area contributed by atoms with Crippen molar-refractivity contribution >= 4 is 34.6 Å². The molecule has 1 atom stereocenters. The van der Waals surface area contributed by atoms with E-state index in [1.54, 1.807) is 12.1 Å². The van der Waals surface area contributed by atoms with E-state index >= 15 is 0 Å². The zero-order chi connectivity index (χ0) is 14.5. The lowest BCUT2D eigenvalue weighted by Crippen LogP contribution is -2.25. The second kappa shape index (κ2) is 4.78. The summed E-state index contributed by atoms with van der Waals surface area (Å²) in [4.78, 5) is 11.8. The maximum Gasteiger partial charge on any atom is 0.156 e. The molecule has 2 aliphatic carbocycles. The zero-order valence-corrected chi connectivity index (χ0v) is 12.8. The number of hydrogen-bond acceptors (Lipinski definition) is 2. The molecular weight excluding hydrogens is 295 g/mol. The van der Waals surface area contributed by atoms with Crippen molar-refractivity contribution in [3.05, 3.63) is 33.3 Å². The lowest BCUT2D eigenvalue weighted by molar-refractivity contribution is -0.115. The molecule has 0 heterocycles. The predicted octanol–water partition coefficient (Wildman–Crippen LogP) is 4.79. The van der Waals surface area contributed by atoms with Crippen molar-refractivity contribution in [3.8, 4) is 5.75 Å². The van der Waals surface area contributed by atoms with Crippen LogP contribution in [0, 0.1) is 5.41 Å². The van der Waals surface area contributed by atoms with Crippen molar-refractivity contribution in [1.29, 1.82) is 0 Å². The quantitative estimate of drug-likeness (QED) is 0.853. The Morgan fingerprint density at radius 3 is 2.80 bits per heavy atom. The molecule has 0 saturated carbocycles. The van der Waals surface area contributed by atoms with Gasteiger partial charge >= 0.3 is 0 Å². The molecule has 1 N–H and O–H groups in total. The minimum Gasteiger partial charge on any atom is -0.506 e. The summed E-state index contributed by atoms with van der Waals surface area (Å²) in [6.45, 7) is 2.15. The average Bonchev–Trinajstić information content (AvgIpc) is 2.70. The smallest absolute Gasteiger partial charge is 0.156 e. The Hall–Kier alpha value is -0.990. The van der Waals surface area contributed by atoms with Crippen LogP contribution in [-0.2, 0) is 11.2 Å². The number of hydrogen-bond donors (Lipinski definition) is 1. The van der Waals surface area contributed by atoms with Gasteiger partial charge < -0.3 is 5.11 Å². The second-order valence-electron chi connectivity index (χ2n) is 5.79. The van der Waals surface area contributed by atoms with E-state index in [2.05, 4.69) is 6.92 Å². The molecule has 0 bridgehead atoms. The Labute approximate surface area is 128 Å². The summed E-state index contributed by atoms with van der Waals surface area (Å²) < 4.78 is 0. The van der Waals surface area contributed by atoms with Gasteiger partial charge in [0.2, 0.25) is 0 Å². The van der Waals surface area contributed by atoms with Crippen LogP contribution in [0.1, 0.15) is 43.7 Å². The molecule has 0 aromatic heterocycles. The summed E-state index contributed by atoms with van der Waals surface area (Å²) >= 11 is 12.4. The van der Waals surface area contributed by atoms with Crippen LogP contribution in [0.25, 0.3) is 5.57 Å². The molecule has 0 amide bonds. The van der Waals surface area contributed by atoms with Crippen molar-refractivity contribution < 1.29 is 9.90 Å². The standard InChI is InChI=1S/C16H16Cl2O2/c1-2-4-16-5-3-10(19)7-11(16)13-9(8-16)6-12(20)14(17)15(13)18/h6-7,20H,2-5,8H2,1H3. The number of carbonyl (C=O) groups is 1. The highest BCUT2D eigenvalue weighted by atomic mass is 35.5. The van der Waals surface area contributed by atoms with Crippen LogP contribution in [0.4, 0.5) is 0 Å². The molecule has 1 aromatic carbocycles. The van der Waals surface area contributed by atoms with Crippen molar-refractivity contribution in [2.24, 2.45) is 5.41 Å². The van der Waals surface area contributed by atoms with E-state index < -0.39 is 0 Å². The number of carbonyl (C=O) groups excluding carboxylic acids is 1. The number of rotatable bonds is 2. The summed E-state index contributed by atoms with van der Waals surface area (Å²) in [6.07, 6.45) is 6.10. The van der Waals surface area contributed by atoms with Crippen LogP contribution in [0.5, 0.6) is 5.75 Å². The maximum atomic E-state index is 11.8. The van der Waals surface area contributed by atoms with Crippen LogP contribution in [-0.4, -0.2) is 10.9 Å². The Morgan fingerprint density at radius 2 is 2.10 bits per heavy atom. The number of fused-ring (bicyclic) bond motifs is 3. The van der Waals surface area contributed by atoms with Gasteiger partial charge in [-0.2, -0.15) is 0 Å². The highest BCUT2D eigenvalue weighted by Crippen LogP contribution is 2.57. The van der Waals surface area contributed by atoms with E-state index in [1.807, 2.05) is 0 Å². The van der Waals surface area contributed by atoms with Crippen molar-refractivity contribution in [1.82, 2.24) is 0 Å². The van der Waals surface area contributed by atoms with E-state index in [1.165, 1.54) is 0 Å². The Balaban J connectivity index is 2.24. The van der Waals surface area contributed by atoms with E-state index in [0.717, 1.165) is 42.4 Å². The van der Waals surface area contributed by atoms with Gasteiger partial charge in [0.25, 0.3) is 0 Å². The zero-order valence-electron chi connectivity index (χ0n) is 11.3. The fraction of sp³-hybridized carbons (Fsp3) is 0.438.